The average Bonchev–Trinajstić information content (AvgIpc) is 2.67. The number of nitrogens with zero attached hydrogens (tertiary/aromatic N) is 1. The first-order chi connectivity index (χ1) is 12.9. The van der Waals surface area contributed by atoms with E-state index in [9.17, 15) is 24.6 Å². The van der Waals surface area contributed by atoms with Crippen molar-refractivity contribution in [1.82, 2.24) is 4.90 Å². The summed E-state index contributed by atoms with van der Waals surface area (Å²) in [6.07, 6.45) is 5.14. The van der Waals surface area contributed by atoms with Gasteiger partial charge in [-0.2, -0.15) is 0 Å². The summed E-state index contributed by atoms with van der Waals surface area (Å²) in [5, 5.41) is 18.5. The summed E-state index contributed by atoms with van der Waals surface area (Å²) in [6.45, 7) is 0.794. The molecule has 146 valence electrons. The minimum atomic E-state index is -1.48. The minimum Gasteiger partial charge on any atom is -0.481 e. The lowest BCUT2D eigenvalue weighted by molar-refractivity contribution is -0.156. The number of piperidine rings is 2. The summed E-state index contributed by atoms with van der Waals surface area (Å²) >= 11 is 0. The second kappa shape index (κ2) is 8.55. The van der Waals surface area contributed by atoms with Crippen LogP contribution in [0.3, 0.4) is 0 Å². The summed E-state index contributed by atoms with van der Waals surface area (Å²) in [4.78, 5) is 37.6. The van der Waals surface area contributed by atoms with Crippen LogP contribution < -0.4 is 0 Å². The Bertz CT molecular complexity index is 667. The number of carbonyl (C=O) groups is 3. The highest BCUT2D eigenvalue weighted by Crippen LogP contribution is 2.36. The lowest BCUT2D eigenvalue weighted by Gasteiger charge is -2.45. The molecule has 1 aromatic rings. The van der Waals surface area contributed by atoms with Gasteiger partial charge in [0, 0.05) is 19.0 Å². The van der Waals surface area contributed by atoms with Crippen molar-refractivity contribution in [1.29, 1.82) is 0 Å². The molecular weight excluding hydrogens is 346 g/mol. The van der Waals surface area contributed by atoms with Gasteiger partial charge in [-0.1, -0.05) is 30.3 Å². The molecule has 6 nitrogen and oxygen atoms in total. The number of amides is 1. The van der Waals surface area contributed by atoms with Crippen molar-refractivity contribution >= 4 is 17.8 Å². The van der Waals surface area contributed by atoms with Crippen molar-refractivity contribution in [3.8, 4) is 0 Å². The Kier molecular flexibility index (Phi) is 6.14. The van der Waals surface area contributed by atoms with Gasteiger partial charge in [-0.3, -0.25) is 14.4 Å². The first-order valence-electron chi connectivity index (χ1n) is 9.73. The van der Waals surface area contributed by atoms with E-state index in [0.29, 0.717) is 18.4 Å². The molecule has 2 saturated heterocycles. The molecule has 4 rings (SSSR count). The van der Waals surface area contributed by atoms with E-state index in [1.807, 2.05) is 35.2 Å². The molecule has 2 N–H and O–H groups in total. The molecular formula is C21H27NO5. The molecule has 27 heavy (non-hydrogen) atoms. The van der Waals surface area contributed by atoms with Crippen LogP contribution in [0.25, 0.3) is 0 Å². The van der Waals surface area contributed by atoms with Gasteiger partial charge in [-0.15, -0.1) is 0 Å². The molecule has 2 aliphatic heterocycles. The third-order valence-electron chi connectivity index (χ3n) is 6.03. The van der Waals surface area contributed by atoms with E-state index in [2.05, 4.69) is 0 Å². The van der Waals surface area contributed by atoms with Crippen LogP contribution in [0.2, 0.25) is 0 Å². The second-order valence-corrected chi connectivity index (χ2v) is 7.95. The largest absolute Gasteiger partial charge is 0.481 e. The van der Waals surface area contributed by atoms with Crippen molar-refractivity contribution in [2.75, 3.05) is 6.54 Å². The fourth-order valence-electron chi connectivity index (χ4n) is 4.56. The highest BCUT2D eigenvalue weighted by Gasteiger charge is 2.37. The molecule has 3 fully saturated rings. The number of fused-ring (bicyclic) bond motifs is 3. The summed E-state index contributed by atoms with van der Waals surface area (Å²) in [5.74, 6) is -3.85. The van der Waals surface area contributed by atoms with Crippen LogP contribution in [0.5, 0.6) is 0 Å². The topological polar surface area (TPSA) is 94.9 Å². The van der Waals surface area contributed by atoms with Crippen LogP contribution >= 0.6 is 0 Å². The van der Waals surface area contributed by atoms with E-state index in [-0.39, 0.29) is 24.7 Å². The van der Waals surface area contributed by atoms with Gasteiger partial charge >= 0.3 is 11.9 Å². The summed E-state index contributed by atoms with van der Waals surface area (Å²) in [7, 11) is 0. The van der Waals surface area contributed by atoms with Crippen LogP contribution in [0.1, 0.15) is 44.1 Å². The monoisotopic (exact) mass is 373 g/mol. The standard InChI is InChI=1S/C21H27NO5/c23-19(22-13-15-6-8-17(22)9-7-15)12-16(10-14-4-2-1-3-5-14)11-18(20(24)25)21(26)27/h1-5,15-18H,6-13H2,(H,24,25)(H,26,27)/t15?,16-,17?/m1/s1. The smallest absolute Gasteiger partial charge is 0.317 e. The van der Waals surface area contributed by atoms with E-state index < -0.39 is 17.9 Å². The lowest BCUT2D eigenvalue weighted by Crippen LogP contribution is -2.51. The number of carboxylic acids is 2. The Morgan fingerprint density at radius 1 is 1.00 bits per heavy atom. The Labute approximate surface area is 159 Å². The van der Waals surface area contributed by atoms with Crippen molar-refractivity contribution in [2.45, 2.75) is 51.0 Å². The maximum absolute atomic E-state index is 12.9. The first-order valence-corrected chi connectivity index (χ1v) is 9.73. The zero-order chi connectivity index (χ0) is 19.4. The van der Waals surface area contributed by atoms with Gasteiger partial charge in [-0.05, 0) is 55.9 Å². The van der Waals surface area contributed by atoms with E-state index >= 15 is 0 Å². The molecule has 1 aromatic carbocycles. The third-order valence-corrected chi connectivity index (χ3v) is 6.03. The lowest BCUT2D eigenvalue weighted by atomic mass is 9.79. The van der Waals surface area contributed by atoms with Crippen LogP contribution in [0.4, 0.5) is 0 Å². The van der Waals surface area contributed by atoms with Crippen LogP contribution in [0, 0.1) is 17.8 Å². The van der Waals surface area contributed by atoms with Gasteiger partial charge < -0.3 is 15.1 Å². The molecule has 1 aliphatic carbocycles. The fourth-order valence-corrected chi connectivity index (χ4v) is 4.56. The van der Waals surface area contributed by atoms with Crippen LogP contribution in [-0.4, -0.2) is 45.5 Å². The molecule has 3 aliphatic rings. The Morgan fingerprint density at radius 2 is 1.63 bits per heavy atom. The van der Waals surface area contributed by atoms with Gasteiger partial charge in [0.05, 0.1) is 0 Å². The maximum Gasteiger partial charge on any atom is 0.317 e. The number of carbonyl (C=O) groups excluding carboxylic acids is 1. The third kappa shape index (κ3) is 4.87. The number of hydrogen-bond acceptors (Lipinski definition) is 3. The Hall–Kier alpha value is -2.37. The SMILES string of the molecule is O=C(O)C(C[C@H](CC(=O)N1CC2CCC1CC2)Cc1ccccc1)C(=O)O. The molecule has 0 unspecified atom stereocenters. The van der Waals surface area contributed by atoms with Gasteiger partial charge in [0.2, 0.25) is 5.91 Å². The predicted molar refractivity (Wildman–Crippen MR) is 99.1 cm³/mol. The second-order valence-electron chi connectivity index (χ2n) is 7.95. The zero-order valence-corrected chi connectivity index (χ0v) is 15.4. The van der Waals surface area contributed by atoms with E-state index in [4.69, 9.17) is 0 Å². The number of aliphatic carboxylic acids is 2. The highest BCUT2D eigenvalue weighted by molar-refractivity contribution is 5.92. The predicted octanol–water partition coefficient (Wildman–Crippen LogP) is 2.81. The van der Waals surface area contributed by atoms with Crippen molar-refractivity contribution in [3.05, 3.63) is 35.9 Å². The summed E-state index contributed by atoms with van der Waals surface area (Å²) in [5.41, 5.74) is 0.991. The van der Waals surface area contributed by atoms with Gasteiger partial charge in [0.1, 0.15) is 0 Å². The first kappa shape index (κ1) is 19.4. The molecule has 1 amide bonds. The molecule has 2 bridgehead atoms. The molecule has 0 spiro atoms. The Morgan fingerprint density at radius 3 is 2.15 bits per heavy atom. The van der Waals surface area contributed by atoms with E-state index in [0.717, 1.165) is 24.9 Å². The molecule has 2 heterocycles. The number of benzene rings is 1. The summed E-state index contributed by atoms with van der Waals surface area (Å²) in [6, 6.07) is 9.83. The number of hydrogen-bond donors (Lipinski definition) is 2. The van der Waals surface area contributed by atoms with Crippen LogP contribution in [-0.2, 0) is 20.8 Å². The molecule has 0 radical (unpaired) electrons. The van der Waals surface area contributed by atoms with E-state index in [1.54, 1.807) is 0 Å². The van der Waals surface area contributed by atoms with Gasteiger partial charge in [0.25, 0.3) is 0 Å². The number of carboxylic acid groups (broad SMARTS) is 2. The maximum atomic E-state index is 12.9. The minimum absolute atomic E-state index is 0.0345. The van der Waals surface area contributed by atoms with Crippen LogP contribution in [0.15, 0.2) is 30.3 Å². The van der Waals surface area contributed by atoms with Crippen molar-refractivity contribution < 1.29 is 24.6 Å². The number of rotatable bonds is 8. The normalized spacial score (nSPS) is 22.6. The molecule has 0 aromatic heterocycles. The molecule has 1 saturated carbocycles. The van der Waals surface area contributed by atoms with Crippen molar-refractivity contribution in [2.24, 2.45) is 17.8 Å². The van der Waals surface area contributed by atoms with Gasteiger partial charge in [-0.25, -0.2) is 0 Å². The summed E-state index contributed by atoms with van der Waals surface area (Å²) < 4.78 is 0. The van der Waals surface area contributed by atoms with Crippen molar-refractivity contribution in [3.63, 3.8) is 0 Å². The molecule has 1 atom stereocenters. The highest BCUT2D eigenvalue weighted by atomic mass is 16.4. The Balaban J connectivity index is 1.71. The fraction of sp³-hybridized carbons (Fsp3) is 0.571. The van der Waals surface area contributed by atoms with E-state index in [1.165, 1.54) is 12.8 Å². The van der Waals surface area contributed by atoms with Gasteiger partial charge in [0.15, 0.2) is 5.92 Å². The molecule has 6 heteroatoms. The average molecular weight is 373 g/mol. The zero-order valence-electron chi connectivity index (χ0n) is 15.4. The quantitative estimate of drug-likeness (QED) is 0.683.